The van der Waals surface area contributed by atoms with Crippen LogP contribution in [-0.2, 0) is 0 Å². The molecule has 0 amide bonds. The Morgan fingerprint density at radius 3 is 2.52 bits per heavy atom. The van der Waals surface area contributed by atoms with Crippen molar-refractivity contribution in [2.75, 3.05) is 55.8 Å². The van der Waals surface area contributed by atoms with Gasteiger partial charge in [-0.15, -0.1) is 5.10 Å². The molecule has 0 atom stereocenters. The fraction of sp³-hybridized carbons (Fsp3) is 0.500. The second-order valence-electron chi connectivity index (χ2n) is 6.19. The third-order valence-electron chi connectivity index (χ3n) is 4.00. The van der Waals surface area contributed by atoms with Gasteiger partial charge in [0.25, 0.3) is 0 Å². The Hall–Kier alpha value is -2.41. The van der Waals surface area contributed by atoms with Crippen molar-refractivity contribution in [2.45, 2.75) is 20.8 Å². The maximum absolute atomic E-state index is 4.47. The molecule has 2 rings (SSSR count). The van der Waals surface area contributed by atoms with Crippen LogP contribution in [0.5, 0.6) is 0 Å². The van der Waals surface area contributed by atoms with E-state index < -0.39 is 0 Å². The van der Waals surface area contributed by atoms with Gasteiger partial charge >= 0.3 is 0 Å². The molecule has 0 bridgehead atoms. The van der Waals surface area contributed by atoms with E-state index in [1.807, 2.05) is 14.1 Å². The first-order chi connectivity index (χ1) is 12.0. The quantitative estimate of drug-likeness (QED) is 0.725. The maximum Gasteiger partial charge on any atom is 0.244 e. The van der Waals surface area contributed by atoms with Crippen molar-refractivity contribution in [2.24, 2.45) is 0 Å². The van der Waals surface area contributed by atoms with Crippen LogP contribution < -0.4 is 15.5 Å². The third kappa shape index (κ3) is 5.56. The first-order valence-electron chi connectivity index (χ1n) is 8.74. The number of rotatable bonds is 9. The van der Waals surface area contributed by atoms with E-state index in [1.54, 1.807) is 6.20 Å². The van der Waals surface area contributed by atoms with Gasteiger partial charge in [0.15, 0.2) is 5.82 Å². The second-order valence-corrected chi connectivity index (χ2v) is 6.19. The van der Waals surface area contributed by atoms with Crippen LogP contribution in [0.25, 0.3) is 0 Å². The molecule has 0 aliphatic carbocycles. The molecule has 1 heterocycles. The molecule has 0 radical (unpaired) electrons. The van der Waals surface area contributed by atoms with Gasteiger partial charge in [0.1, 0.15) is 0 Å². The highest BCUT2D eigenvalue weighted by atomic mass is 15.3. The standard InChI is InChI=1S/C18H29N7/c1-6-25(7-2)15-8-9-16(14(3)12-15)21-17-13-20-23-18(22-17)19-10-11-24(4)5/h8-9,12-13H,6-7,10-11H2,1-5H3,(H2,19,21,22,23). The Kier molecular flexibility index (Phi) is 6.94. The number of hydrogen-bond acceptors (Lipinski definition) is 7. The second kappa shape index (κ2) is 9.17. The van der Waals surface area contributed by atoms with E-state index >= 15 is 0 Å². The molecular formula is C18H29N7. The number of likely N-dealkylation sites (N-methyl/N-ethyl adjacent to an activating group) is 1. The Labute approximate surface area is 150 Å². The topological polar surface area (TPSA) is 69.2 Å². The van der Waals surface area contributed by atoms with E-state index in [0.29, 0.717) is 11.8 Å². The van der Waals surface area contributed by atoms with Crippen LogP contribution in [0.15, 0.2) is 24.4 Å². The van der Waals surface area contributed by atoms with Crippen LogP contribution in [0.1, 0.15) is 19.4 Å². The molecule has 0 aliphatic rings. The molecule has 136 valence electrons. The number of nitrogens with one attached hydrogen (secondary N) is 2. The molecule has 0 saturated heterocycles. The molecule has 0 saturated carbocycles. The van der Waals surface area contributed by atoms with Crippen molar-refractivity contribution >= 4 is 23.1 Å². The van der Waals surface area contributed by atoms with E-state index in [-0.39, 0.29) is 0 Å². The zero-order valence-corrected chi connectivity index (χ0v) is 15.9. The first-order valence-corrected chi connectivity index (χ1v) is 8.74. The average Bonchev–Trinajstić information content (AvgIpc) is 2.58. The molecule has 0 spiro atoms. The van der Waals surface area contributed by atoms with Crippen molar-refractivity contribution in [3.8, 4) is 0 Å². The average molecular weight is 343 g/mol. The van der Waals surface area contributed by atoms with Gasteiger partial charge in [-0.05, 0) is 58.6 Å². The summed E-state index contributed by atoms with van der Waals surface area (Å²) in [5.41, 5.74) is 3.43. The number of nitrogens with zero attached hydrogens (tertiary/aromatic N) is 5. The molecule has 2 aromatic rings. The zero-order valence-electron chi connectivity index (χ0n) is 15.9. The highest BCUT2D eigenvalue weighted by molar-refractivity contribution is 5.65. The highest BCUT2D eigenvalue weighted by Crippen LogP contribution is 2.24. The van der Waals surface area contributed by atoms with E-state index in [1.165, 1.54) is 11.3 Å². The molecule has 0 fully saturated rings. The van der Waals surface area contributed by atoms with E-state index in [9.17, 15) is 0 Å². The van der Waals surface area contributed by atoms with Crippen LogP contribution in [0.3, 0.4) is 0 Å². The van der Waals surface area contributed by atoms with Crippen LogP contribution in [0.2, 0.25) is 0 Å². The minimum absolute atomic E-state index is 0.532. The first kappa shape index (κ1) is 18.9. The number of aromatic nitrogens is 3. The third-order valence-corrected chi connectivity index (χ3v) is 4.00. The van der Waals surface area contributed by atoms with Crippen LogP contribution in [-0.4, -0.2) is 60.4 Å². The van der Waals surface area contributed by atoms with Crippen LogP contribution >= 0.6 is 0 Å². The van der Waals surface area contributed by atoms with Crippen molar-refractivity contribution in [1.29, 1.82) is 0 Å². The zero-order chi connectivity index (χ0) is 18.2. The Morgan fingerprint density at radius 1 is 1.12 bits per heavy atom. The van der Waals surface area contributed by atoms with Gasteiger partial charge < -0.3 is 20.4 Å². The minimum atomic E-state index is 0.532. The van der Waals surface area contributed by atoms with Gasteiger partial charge in [-0.25, -0.2) is 0 Å². The smallest absolute Gasteiger partial charge is 0.244 e. The molecule has 1 aromatic heterocycles. The predicted molar refractivity (Wildman–Crippen MR) is 105 cm³/mol. The summed E-state index contributed by atoms with van der Waals surface area (Å²) < 4.78 is 0. The number of hydrogen-bond donors (Lipinski definition) is 2. The van der Waals surface area contributed by atoms with Gasteiger partial charge in [0, 0.05) is 37.6 Å². The van der Waals surface area contributed by atoms with Gasteiger partial charge in [-0.1, -0.05) is 0 Å². The van der Waals surface area contributed by atoms with E-state index in [2.05, 4.69) is 74.6 Å². The maximum atomic E-state index is 4.47. The number of benzene rings is 1. The summed E-state index contributed by atoms with van der Waals surface area (Å²) in [6.07, 6.45) is 1.63. The fourth-order valence-corrected chi connectivity index (χ4v) is 2.54. The molecule has 0 aliphatic heterocycles. The highest BCUT2D eigenvalue weighted by Gasteiger charge is 2.07. The largest absolute Gasteiger partial charge is 0.372 e. The lowest BCUT2D eigenvalue weighted by Crippen LogP contribution is -2.22. The SMILES string of the molecule is CCN(CC)c1ccc(Nc2cnnc(NCCN(C)C)n2)c(C)c1. The van der Waals surface area contributed by atoms with Gasteiger partial charge in [0.05, 0.1) is 6.20 Å². The molecule has 1 aromatic carbocycles. The summed E-state index contributed by atoms with van der Waals surface area (Å²) in [5.74, 6) is 1.21. The monoisotopic (exact) mass is 343 g/mol. The summed E-state index contributed by atoms with van der Waals surface area (Å²) in [5, 5.41) is 14.6. The van der Waals surface area contributed by atoms with Crippen LogP contribution in [0, 0.1) is 6.92 Å². The lowest BCUT2D eigenvalue weighted by atomic mass is 10.1. The number of aryl methyl sites for hydroxylation is 1. The van der Waals surface area contributed by atoms with Crippen molar-refractivity contribution in [1.82, 2.24) is 20.1 Å². The Balaban J connectivity index is 2.06. The van der Waals surface area contributed by atoms with Gasteiger partial charge in [0.2, 0.25) is 5.95 Å². The lowest BCUT2D eigenvalue weighted by Gasteiger charge is -2.22. The van der Waals surface area contributed by atoms with Crippen molar-refractivity contribution in [3.05, 3.63) is 30.0 Å². The predicted octanol–water partition coefficient (Wildman–Crippen LogP) is 2.74. The molecule has 7 nitrogen and oxygen atoms in total. The summed E-state index contributed by atoms with van der Waals surface area (Å²) in [7, 11) is 4.06. The molecule has 2 N–H and O–H groups in total. The minimum Gasteiger partial charge on any atom is -0.372 e. The molecular weight excluding hydrogens is 314 g/mol. The summed E-state index contributed by atoms with van der Waals surface area (Å²) >= 11 is 0. The fourth-order valence-electron chi connectivity index (χ4n) is 2.54. The van der Waals surface area contributed by atoms with Gasteiger partial charge in [-0.3, -0.25) is 0 Å². The van der Waals surface area contributed by atoms with Crippen LogP contribution in [0.4, 0.5) is 23.1 Å². The van der Waals surface area contributed by atoms with E-state index in [0.717, 1.165) is 31.9 Å². The number of anilines is 4. The lowest BCUT2D eigenvalue weighted by molar-refractivity contribution is 0.425. The van der Waals surface area contributed by atoms with Crippen molar-refractivity contribution < 1.29 is 0 Å². The normalized spacial score (nSPS) is 10.8. The Morgan fingerprint density at radius 2 is 1.88 bits per heavy atom. The molecule has 7 heteroatoms. The summed E-state index contributed by atoms with van der Waals surface area (Å²) in [6, 6.07) is 6.41. The summed E-state index contributed by atoms with van der Waals surface area (Å²) in [6.45, 7) is 10.1. The van der Waals surface area contributed by atoms with Crippen molar-refractivity contribution in [3.63, 3.8) is 0 Å². The van der Waals surface area contributed by atoms with E-state index in [4.69, 9.17) is 0 Å². The summed E-state index contributed by atoms with van der Waals surface area (Å²) in [4.78, 5) is 8.90. The van der Waals surface area contributed by atoms with Gasteiger partial charge in [-0.2, -0.15) is 10.1 Å². The Bertz CT molecular complexity index is 668. The molecule has 25 heavy (non-hydrogen) atoms. The molecule has 0 unspecified atom stereocenters.